The van der Waals surface area contributed by atoms with Crippen LogP contribution in [0.15, 0.2) is 36.7 Å². The molecule has 0 aliphatic carbocycles. The van der Waals surface area contributed by atoms with Gasteiger partial charge in [-0.1, -0.05) is 6.07 Å². The summed E-state index contributed by atoms with van der Waals surface area (Å²) >= 11 is 0. The van der Waals surface area contributed by atoms with Gasteiger partial charge < -0.3 is 10.4 Å². The van der Waals surface area contributed by atoms with Gasteiger partial charge >= 0.3 is 11.7 Å². The molecule has 0 fully saturated rings. The van der Waals surface area contributed by atoms with E-state index in [1.54, 1.807) is 31.5 Å². The second-order valence-electron chi connectivity index (χ2n) is 4.28. The first kappa shape index (κ1) is 14.4. The summed E-state index contributed by atoms with van der Waals surface area (Å²) in [4.78, 5) is 29.0. The lowest BCUT2D eigenvalue weighted by Crippen LogP contribution is -2.12. The van der Waals surface area contributed by atoms with E-state index >= 15 is 0 Å². The summed E-state index contributed by atoms with van der Waals surface area (Å²) < 4.78 is 0. The van der Waals surface area contributed by atoms with Crippen LogP contribution in [0, 0.1) is 10.1 Å². The van der Waals surface area contributed by atoms with Crippen LogP contribution in [0.4, 0.5) is 11.5 Å². The van der Waals surface area contributed by atoms with Gasteiger partial charge in [-0.15, -0.1) is 0 Å². The fourth-order valence-corrected chi connectivity index (χ4v) is 1.74. The van der Waals surface area contributed by atoms with E-state index in [0.29, 0.717) is 0 Å². The third-order valence-electron chi connectivity index (χ3n) is 2.83. The molecule has 0 saturated carbocycles. The predicted molar refractivity (Wildman–Crippen MR) is 74.1 cm³/mol. The highest BCUT2D eigenvalue weighted by Crippen LogP contribution is 2.26. The number of pyridine rings is 2. The molecule has 1 atom stereocenters. The zero-order valence-electron chi connectivity index (χ0n) is 11.1. The lowest BCUT2D eigenvalue weighted by Gasteiger charge is -2.14. The molecule has 2 rings (SSSR count). The number of rotatable bonds is 5. The van der Waals surface area contributed by atoms with E-state index in [4.69, 9.17) is 5.11 Å². The average Bonchev–Trinajstić information content (AvgIpc) is 2.47. The van der Waals surface area contributed by atoms with Crippen molar-refractivity contribution in [3.63, 3.8) is 0 Å². The fraction of sp³-hybridized carbons (Fsp3) is 0.154. The first-order valence-electron chi connectivity index (χ1n) is 6.04. The molecule has 8 nitrogen and oxygen atoms in total. The highest BCUT2D eigenvalue weighted by atomic mass is 16.6. The molecule has 2 heterocycles. The molecule has 0 bridgehead atoms. The van der Waals surface area contributed by atoms with Crippen LogP contribution >= 0.6 is 0 Å². The van der Waals surface area contributed by atoms with E-state index in [0.717, 1.165) is 17.7 Å². The van der Waals surface area contributed by atoms with Gasteiger partial charge in [0.1, 0.15) is 0 Å². The van der Waals surface area contributed by atoms with Crippen molar-refractivity contribution in [2.45, 2.75) is 13.0 Å². The minimum absolute atomic E-state index is 0.0868. The topological polar surface area (TPSA) is 118 Å². The Bertz CT molecular complexity index is 675. The molecule has 0 saturated heterocycles. The van der Waals surface area contributed by atoms with Crippen molar-refractivity contribution in [1.29, 1.82) is 0 Å². The molecule has 2 aromatic heterocycles. The molecule has 0 amide bonds. The van der Waals surface area contributed by atoms with Crippen molar-refractivity contribution in [3.05, 3.63) is 58.0 Å². The molecule has 1 unspecified atom stereocenters. The van der Waals surface area contributed by atoms with Gasteiger partial charge in [-0.2, -0.15) is 0 Å². The van der Waals surface area contributed by atoms with E-state index in [2.05, 4.69) is 15.3 Å². The number of carboxylic acid groups (broad SMARTS) is 1. The Hall–Kier alpha value is -3.03. The van der Waals surface area contributed by atoms with Gasteiger partial charge in [0, 0.05) is 18.5 Å². The minimum Gasteiger partial charge on any atom is -0.477 e. The zero-order chi connectivity index (χ0) is 15.4. The number of anilines is 1. The third-order valence-corrected chi connectivity index (χ3v) is 2.83. The van der Waals surface area contributed by atoms with Crippen LogP contribution in [0.2, 0.25) is 0 Å². The van der Waals surface area contributed by atoms with Crippen LogP contribution in [-0.4, -0.2) is 26.0 Å². The van der Waals surface area contributed by atoms with Crippen LogP contribution in [0.5, 0.6) is 0 Å². The Morgan fingerprint density at radius 1 is 1.43 bits per heavy atom. The van der Waals surface area contributed by atoms with Crippen molar-refractivity contribution in [2.75, 3.05) is 5.32 Å². The largest absolute Gasteiger partial charge is 0.477 e. The number of nitrogens with one attached hydrogen (secondary N) is 1. The minimum atomic E-state index is -1.25. The Morgan fingerprint density at radius 3 is 2.76 bits per heavy atom. The molecule has 8 heteroatoms. The molecule has 0 aliphatic rings. The standard InChI is InChI=1S/C13H12N4O4/c1-8(9-3-2-6-14-7-9)15-12-11(17(20)21)5-4-10(16-12)13(18)19/h2-8H,1H3,(H,15,16)(H,18,19). The molecule has 2 aromatic rings. The quantitative estimate of drug-likeness (QED) is 0.639. The van der Waals surface area contributed by atoms with E-state index in [1.807, 2.05) is 0 Å². The maximum atomic E-state index is 11.0. The average molecular weight is 288 g/mol. The number of hydrogen-bond donors (Lipinski definition) is 2. The molecule has 21 heavy (non-hydrogen) atoms. The number of carboxylic acids is 1. The maximum absolute atomic E-state index is 11.0. The third kappa shape index (κ3) is 3.30. The van der Waals surface area contributed by atoms with Crippen molar-refractivity contribution < 1.29 is 14.8 Å². The Labute approximate surface area is 119 Å². The van der Waals surface area contributed by atoms with Gasteiger partial charge in [0.25, 0.3) is 0 Å². The van der Waals surface area contributed by atoms with Crippen LogP contribution in [-0.2, 0) is 0 Å². The van der Waals surface area contributed by atoms with Gasteiger partial charge in [0.15, 0.2) is 5.69 Å². The number of nitro groups is 1. The smallest absolute Gasteiger partial charge is 0.354 e. The molecule has 0 aromatic carbocycles. The molecule has 2 N–H and O–H groups in total. The zero-order valence-corrected chi connectivity index (χ0v) is 11.1. The Balaban J connectivity index is 2.35. The molecular weight excluding hydrogens is 276 g/mol. The highest BCUT2D eigenvalue weighted by molar-refractivity contribution is 5.86. The van der Waals surface area contributed by atoms with Crippen molar-refractivity contribution in [3.8, 4) is 0 Å². The summed E-state index contributed by atoms with van der Waals surface area (Å²) in [5.74, 6) is -1.33. The number of carbonyl (C=O) groups is 1. The SMILES string of the molecule is CC(Nc1nc(C(=O)O)ccc1[N+](=O)[O-])c1cccnc1. The van der Waals surface area contributed by atoms with Gasteiger partial charge in [0.2, 0.25) is 5.82 Å². The Morgan fingerprint density at radius 2 is 2.19 bits per heavy atom. The second-order valence-corrected chi connectivity index (χ2v) is 4.28. The normalized spacial score (nSPS) is 11.7. The first-order chi connectivity index (χ1) is 9.99. The number of aromatic nitrogens is 2. The fourth-order valence-electron chi connectivity index (χ4n) is 1.74. The predicted octanol–water partition coefficient (Wildman–Crippen LogP) is 2.26. The molecular formula is C13H12N4O4. The highest BCUT2D eigenvalue weighted by Gasteiger charge is 2.20. The first-order valence-corrected chi connectivity index (χ1v) is 6.04. The number of nitrogens with zero attached hydrogens (tertiary/aromatic N) is 3. The van der Waals surface area contributed by atoms with E-state index in [1.165, 1.54) is 0 Å². The van der Waals surface area contributed by atoms with E-state index in [-0.39, 0.29) is 23.2 Å². The van der Waals surface area contributed by atoms with Crippen molar-refractivity contribution >= 4 is 17.5 Å². The number of hydrogen-bond acceptors (Lipinski definition) is 6. The van der Waals surface area contributed by atoms with Crippen LogP contribution < -0.4 is 5.32 Å². The summed E-state index contributed by atoms with van der Waals surface area (Å²) in [5.41, 5.74) is 0.256. The molecule has 108 valence electrons. The van der Waals surface area contributed by atoms with Crippen LogP contribution in [0.1, 0.15) is 29.0 Å². The van der Waals surface area contributed by atoms with Gasteiger partial charge in [-0.25, -0.2) is 9.78 Å². The Kier molecular flexibility index (Phi) is 4.07. The summed E-state index contributed by atoms with van der Waals surface area (Å²) in [7, 11) is 0. The van der Waals surface area contributed by atoms with Gasteiger partial charge in [-0.05, 0) is 24.6 Å². The summed E-state index contributed by atoms with van der Waals surface area (Å²) in [6.07, 6.45) is 3.23. The van der Waals surface area contributed by atoms with E-state index < -0.39 is 10.9 Å². The van der Waals surface area contributed by atoms with Crippen LogP contribution in [0.25, 0.3) is 0 Å². The van der Waals surface area contributed by atoms with Crippen molar-refractivity contribution in [1.82, 2.24) is 9.97 Å². The van der Waals surface area contributed by atoms with Crippen molar-refractivity contribution in [2.24, 2.45) is 0 Å². The lowest BCUT2D eigenvalue weighted by molar-refractivity contribution is -0.384. The monoisotopic (exact) mass is 288 g/mol. The molecule has 0 aliphatic heterocycles. The lowest BCUT2D eigenvalue weighted by atomic mass is 10.1. The van der Waals surface area contributed by atoms with Gasteiger partial charge in [-0.3, -0.25) is 15.1 Å². The van der Waals surface area contributed by atoms with Crippen LogP contribution in [0.3, 0.4) is 0 Å². The summed E-state index contributed by atoms with van der Waals surface area (Å²) in [5, 5.41) is 22.8. The molecule has 0 spiro atoms. The van der Waals surface area contributed by atoms with Gasteiger partial charge in [0.05, 0.1) is 11.0 Å². The second kappa shape index (κ2) is 5.95. The molecule has 0 radical (unpaired) electrons. The number of aromatic carboxylic acids is 1. The summed E-state index contributed by atoms with van der Waals surface area (Å²) in [6, 6.07) is 5.45. The van der Waals surface area contributed by atoms with E-state index in [9.17, 15) is 14.9 Å². The maximum Gasteiger partial charge on any atom is 0.354 e. The summed E-state index contributed by atoms with van der Waals surface area (Å²) in [6.45, 7) is 1.77.